The number of hydrogen-bond acceptors (Lipinski definition) is 5. The molecule has 0 aromatic heterocycles. The third-order valence-corrected chi connectivity index (χ3v) is 6.49. The van der Waals surface area contributed by atoms with Crippen LogP contribution in [-0.2, 0) is 26.2 Å². The molecular formula is C24H33N3O5S. The van der Waals surface area contributed by atoms with Gasteiger partial charge in [-0.15, -0.1) is 0 Å². The van der Waals surface area contributed by atoms with Gasteiger partial charge in [-0.2, -0.15) is 0 Å². The van der Waals surface area contributed by atoms with Gasteiger partial charge < -0.3 is 15.0 Å². The summed E-state index contributed by atoms with van der Waals surface area (Å²) in [6, 6.07) is 13.4. The van der Waals surface area contributed by atoms with Crippen molar-refractivity contribution in [3.05, 3.63) is 59.7 Å². The molecule has 1 N–H and O–H groups in total. The monoisotopic (exact) mass is 475 g/mol. The Balaban J connectivity index is 2.41. The van der Waals surface area contributed by atoms with E-state index in [-0.39, 0.29) is 12.5 Å². The fourth-order valence-electron chi connectivity index (χ4n) is 3.55. The highest BCUT2D eigenvalue weighted by Gasteiger charge is 2.31. The predicted molar refractivity (Wildman–Crippen MR) is 130 cm³/mol. The molecule has 0 spiro atoms. The standard InChI is InChI=1S/C24H33N3O5S/c1-6-22(24(29)25-4)26(16-19-11-9-8-10-18(19)3)23(28)17-27(33(5,30)31)20-12-14-21(15-13-20)32-7-2/h8-15,22H,6-7,16-17H2,1-5H3,(H,25,29)/t22-/m1/s1. The molecule has 2 aromatic carbocycles. The van der Waals surface area contributed by atoms with Crippen LogP contribution in [0.1, 0.15) is 31.4 Å². The highest BCUT2D eigenvalue weighted by molar-refractivity contribution is 7.92. The minimum absolute atomic E-state index is 0.193. The summed E-state index contributed by atoms with van der Waals surface area (Å²) in [6.45, 7) is 5.86. The van der Waals surface area contributed by atoms with E-state index in [4.69, 9.17) is 4.74 Å². The summed E-state index contributed by atoms with van der Waals surface area (Å²) in [6.07, 6.45) is 1.44. The molecule has 180 valence electrons. The van der Waals surface area contributed by atoms with Gasteiger partial charge in [0.25, 0.3) is 0 Å². The van der Waals surface area contributed by atoms with Gasteiger partial charge in [-0.05, 0) is 55.7 Å². The molecule has 9 heteroatoms. The van der Waals surface area contributed by atoms with Gasteiger partial charge in [0.2, 0.25) is 21.8 Å². The van der Waals surface area contributed by atoms with E-state index in [1.165, 1.54) is 11.9 Å². The molecule has 8 nitrogen and oxygen atoms in total. The Morgan fingerprint density at radius 2 is 1.70 bits per heavy atom. The fourth-order valence-corrected chi connectivity index (χ4v) is 4.40. The van der Waals surface area contributed by atoms with Crippen molar-refractivity contribution in [2.75, 3.05) is 30.8 Å². The van der Waals surface area contributed by atoms with Crippen LogP contribution in [0.5, 0.6) is 5.75 Å². The van der Waals surface area contributed by atoms with Gasteiger partial charge in [0.15, 0.2) is 0 Å². The summed E-state index contributed by atoms with van der Waals surface area (Å²) in [5, 5.41) is 2.61. The molecule has 0 bridgehead atoms. The number of sulfonamides is 1. The van der Waals surface area contributed by atoms with E-state index in [0.29, 0.717) is 24.5 Å². The minimum Gasteiger partial charge on any atom is -0.494 e. The van der Waals surface area contributed by atoms with E-state index >= 15 is 0 Å². The maximum Gasteiger partial charge on any atom is 0.244 e. The van der Waals surface area contributed by atoms with Crippen LogP contribution in [0, 0.1) is 6.92 Å². The molecular weight excluding hydrogens is 442 g/mol. The average Bonchev–Trinajstić information content (AvgIpc) is 2.78. The molecule has 1 atom stereocenters. The Bertz CT molecular complexity index is 1050. The van der Waals surface area contributed by atoms with Crippen LogP contribution in [-0.4, -0.2) is 57.6 Å². The maximum absolute atomic E-state index is 13.5. The van der Waals surface area contributed by atoms with Crippen molar-refractivity contribution in [2.45, 2.75) is 39.8 Å². The Morgan fingerprint density at radius 3 is 2.21 bits per heavy atom. The topological polar surface area (TPSA) is 96.0 Å². The predicted octanol–water partition coefficient (Wildman–Crippen LogP) is 2.71. The Labute approximate surface area is 196 Å². The number of anilines is 1. The van der Waals surface area contributed by atoms with E-state index in [1.54, 1.807) is 24.3 Å². The zero-order chi connectivity index (χ0) is 24.6. The Morgan fingerprint density at radius 1 is 1.06 bits per heavy atom. The third kappa shape index (κ3) is 6.95. The molecule has 0 saturated heterocycles. The third-order valence-electron chi connectivity index (χ3n) is 5.35. The van der Waals surface area contributed by atoms with E-state index in [0.717, 1.165) is 21.7 Å². The summed E-state index contributed by atoms with van der Waals surface area (Å²) in [4.78, 5) is 27.5. The zero-order valence-corrected chi connectivity index (χ0v) is 20.7. The molecule has 0 aliphatic carbocycles. The van der Waals surface area contributed by atoms with E-state index < -0.39 is 28.5 Å². The molecule has 0 heterocycles. The molecule has 2 aromatic rings. The molecule has 0 aliphatic heterocycles. The first-order chi connectivity index (χ1) is 15.6. The number of nitrogens with one attached hydrogen (secondary N) is 1. The second-order valence-electron chi connectivity index (χ2n) is 7.68. The molecule has 0 unspecified atom stereocenters. The van der Waals surface area contributed by atoms with E-state index in [1.807, 2.05) is 45.0 Å². The largest absolute Gasteiger partial charge is 0.494 e. The summed E-state index contributed by atoms with van der Waals surface area (Å²) >= 11 is 0. The molecule has 0 saturated carbocycles. The van der Waals surface area contributed by atoms with Gasteiger partial charge >= 0.3 is 0 Å². The molecule has 2 rings (SSSR count). The number of amides is 2. The van der Waals surface area contributed by atoms with Crippen molar-refractivity contribution in [3.63, 3.8) is 0 Å². The Hall–Kier alpha value is -3.07. The number of nitrogens with zero attached hydrogens (tertiary/aromatic N) is 2. The molecule has 33 heavy (non-hydrogen) atoms. The summed E-state index contributed by atoms with van der Waals surface area (Å²) in [5.41, 5.74) is 2.21. The lowest BCUT2D eigenvalue weighted by atomic mass is 10.1. The molecule has 0 radical (unpaired) electrons. The second-order valence-corrected chi connectivity index (χ2v) is 9.59. The summed E-state index contributed by atoms with van der Waals surface area (Å²) < 4.78 is 31.6. The van der Waals surface area contributed by atoms with Crippen molar-refractivity contribution in [1.29, 1.82) is 0 Å². The van der Waals surface area contributed by atoms with Gasteiger partial charge in [0.05, 0.1) is 18.6 Å². The maximum atomic E-state index is 13.5. The molecule has 0 fully saturated rings. The lowest BCUT2D eigenvalue weighted by molar-refractivity contribution is -0.140. The smallest absolute Gasteiger partial charge is 0.244 e. The lowest BCUT2D eigenvalue weighted by Crippen LogP contribution is -2.51. The zero-order valence-electron chi connectivity index (χ0n) is 19.9. The highest BCUT2D eigenvalue weighted by atomic mass is 32.2. The Kier molecular flexibility index (Phi) is 9.28. The average molecular weight is 476 g/mol. The van der Waals surface area contributed by atoms with Crippen LogP contribution in [0.25, 0.3) is 0 Å². The van der Waals surface area contributed by atoms with Crippen molar-refractivity contribution in [1.82, 2.24) is 10.2 Å². The summed E-state index contributed by atoms with van der Waals surface area (Å²) in [7, 11) is -2.25. The summed E-state index contributed by atoms with van der Waals surface area (Å²) in [5.74, 6) is -0.160. The van der Waals surface area contributed by atoms with Crippen LogP contribution < -0.4 is 14.4 Å². The van der Waals surface area contributed by atoms with Gasteiger partial charge in [-0.3, -0.25) is 13.9 Å². The normalized spacial score (nSPS) is 12.0. The van der Waals surface area contributed by atoms with Crippen LogP contribution in [0.3, 0.4) is 0 Å². The number of aryl methyl sites for hydroxylation is 1. The SMILES string of the molecule is CCOc1ccc(N(CC(=O)N(Cc2ccccc2C)[C@H](CC)C(=O)NC)S(C)(=O)=O)cc1. The van der Waals surface area contributed by atoms with Crippen LogP contribution in [0.15, 0.2) is 48.5 Å². The fraction of sp³-hybridized carbons (Fsp3) is 0.417. The number of carbonyl (C=O) groups is 2. The van der Waals surface area contributed by atoms with Crippen molar-refractivity contribution in [2.24, 2.45) is 0 Å². The van der Waals surface area contributed by atoms with Crippen LogP contribution in [0.4, 0.5) is 5.69 Å². The van der Waals surface area contributed by atoms with E-state index in [2.05, 4.69) is 5.32 Å². The highest BCUT2D eigenvalue weighted by Crippen LogP contribution is 2.23. The number of carbonyl (C=O) groups excluding carboxylic acids is 2. The number of ether oxygens (including phenoxy) is 1. The first-order valence-electron chi connectivity index (χ1n) is 10.9. The first kappa shape index (κ1) is 26.2. The second kappa shape index (κ2) is 11.7. The lowest BCUT2D eigenvalue weighted by Gasteiger charge is -2.33. The van der Waals surface area contributed by atoms with Crippen molar-refractivity contribution >= 4 is 27.5 Å². The van der Waals surface area contributed by atoms with Crippen molar-refractivity contribution < 1.29 is 22.7 Å². The quantitative estimate of drug-likeness (QED) is 0.539. The van der Waals surface area contributed by atoms with Gasteiger partial charge in [-0.1, -0.05) is 31.2 Å². The number of hydrogen-bond donors (Lipinski definition) is 1. The molecule has 2 amide bonds. The van der Waals surface area contributed by atoms with E-state index in [9.17, 15) is 18.0 Å². The molecule has 0 aliphatic rings. The van der Waals surface area contributed by atoms with Gasteiger partial charge in [0.1, 0.15) is 18.3 Å². The van der Waals surface area contributed by atoms with Gasteiger partial charge in [-0.25, -0.2) is 8.42 Å². The van der Waals surface area contributed by atoms with Crippen LogP contribution in [0.2, 0.25) is 0 Å². The van der Waals surface area contributed by atoms with Gasteiger partial charge in [0, 0.05) is 13.6 Å². The van der Waals surface area contributed by atoms with Crippen LogP contribution >= 0.6 is 0 Å². The van der Waals surface area contributed by atoms with Crippen molar-refractivity contribution in [3.8, 4) is 5.75 Å². The number of likely N-dealkylation sites (N-methyl/N-ethyl adjacent to an activating group) is 1. The number of benzene rings is 2. The first-order valence-corrected chi connectivity index (χ1v) is 12.7. The minimum atomic E-state index is -3.77. The number of rotatable bonds is 11.